The van der Waals surface area contributed by atoms with Crippen molar-refractivity contribution >= 4 is 26.1 Å². The van der Waals surface area contributed by atoms with Crippen LogP contribution in [-0.2, 0) is 33.3 Å². The molecule has 0 aromatic carbocycles. The maximum atomic E-state index is 12.6. The van der Waals surface area contributed by atoms with Gasteiger partial charge in [-0.25, -0.2) is 4.79 Å². The smallest absolute Gasteiger partial charge is 0.407 e. The highest BCUT2D eigenvalue weighted by Crippen LogP contribution is 2.14. The average Bonchev–Trinajstić information content (AvgIpc) is 3.26. The van der Waals surface area contributed by atoms with Crippen molar-refractivity contribution in [2.24, 2.45) is 0 Å². The first-order valence-corrected chi connectivity index (χ1v) is 30.3. The Bertz CT molecular complexity index is 1090. The quantitative estimate of drug-likeness (QED) is 0.0159. The summed E-state index contributed by atoms with van der Waals surface area (Å²) in [5.41, 5.74) is 0. The zero-order valence-corrected chi connectivity index (χ0v) is 43.7. The predicted octanol–water partition coefficient (Wildman–Crippen LogP) is 14.3. The molecule has 10 nitrogen and oxygen atoms in total. The second kappa shape index (κ2) is 47.3. The molecule has 376 valence electrons. The molecule has 0 heterocycles. The van der Waals surface area contributed by atoms with Crippen molar-refractivity contribution in [2.45, 2.75) is 239 Å². The van der Waals surface area contributed by atoms with E-state index < -0.39 is 8.07 Å². The molecule has 0 atom stereocenters. The van der Waals surface area contributed by atoms with Crippen molar-refractivity contribution in [1.29, 1.82) is 0 Å². The van der Waals surface area contributed by atoms with Gasteiger partial charge in [0, 0.05) is 40.7 Å². The number of nitrogens with zero attached hydrogens (tertiary/aromatic N) is 1. The molecule has 0 bridgehead atoms. The molecule has 1 amide bonds. The highest BCUT2D eigenvalue weighted by atomic mass is 28.3. The Morgan fingerprint density at radius 2 is 0.969 bits per heavy atom. The first-order valence-electron chi connectivity index (χ1n) is 26.6. The fourth-order valence-electron chi connectivity index (χ4n) is 7.19. The van der Waals surface area contributed by atoms with Crippen molar-refractivity contribution in [3.63, 3.8) is 0 Å². The zero-order chi connectivity index (χ0) is 47.0. The third-order valence-electron chi connectivity index (χ3n) is 11.3. The molecule has 11 heteroatoms. The first kappa shape index (κ1) is 61.8. The Hall–Kier alpha value is -2.21. The number of nitrogens with one attached hydrogen (secondary N) is 1. The average molecular weight is 923 g/mol. The van der Waals surface area contributed by atoms with Crippen LogP contribution in [-0.4, -0.2) is 96.5 Å². The Morgan fingerprint density at radius 1 is 0.500 bits per heavy atom. The summed E-state index contributed by atoms with van der Waals surface area (Å²) >= 11 is 0. The molecule has 0 spiro atoms. The van der Waals surface area contributed by atoms with E-state index in [-0.39, 0.29) is 24.3 Å². The van der Waals surface area contributed by atoms with Gasteiger partial charge in [-0.3, -0.25) is 9.59 Å². The molecule has 0 saturated carbocycles. The minimum atomic E-state index is -1.23. The summed E-state index contributed by atoms with van der Waals surface area (Å²) in [4.78, 5) is 39.5. The fourth-order valence-corrected chi connectivity index (χ4v) is 7.90. The Labute approximate surface area is 395 Å². The van der Waals surface area contributed by atoms with Crippen LogP contribution in [0.15, 0.2) is 24.3 Å². The number of esters is 2. The lowest BCUT2D eigenvalue weighted by Gasteiger charge is -2.22. The lowest BCUT2D eigenvalue weighted by molar-refractivity contribution is -0.159. The molecule has 0 unspecified atom stereocenters. The van der Waals surface area contributed by atoms with Crippen LogP contribution in [0.5, 0.6) is 0 Å². The number of carbonyl (C=O) groups is 3. The van der Waals surface area contributed by atoms with Crippen molar-refractivity contribution in [3.05, 3.63) is 24.3 Å². The SMILES string of the molecule is CC/C=C\CCCCOC(CCC(=O)OCCCCCCCN(CCCCCCCC(=O)OCCCCCCCCC)CCCNC(=O)OCC[Si](C)(C)C)OCCCC/C=C\CC. The maximum absolute atomic E-state index is 12.6. The van der Waals surface area contributed by atoms with Crippen LogP contribution >= 0.6 is 0 Å². The highest BCUT2D eigenvalue weighted by molar-refractivity contribution is 6.76. The summed E-state index contributed by atoms with van der Waals surface area (Å²) in [6, 6.07) is 0.977. The van der Waals surface area contributed by atoms with Crippen LogP contribution in [0.3, 0.4) is 0 Å². The minimum absolute atomic E-state index is 0.0446. The van der Waals surface area contributed by atoms with Crippen molar-refractivity contribution in [2.75, 3.05) is 59.2 Å². The summed E-state index contributed by atoms with van der Waals surface area (Å²) in [7, 11) is -1.23. The van der Waals surface area contributed by atoms with Gasteiger partial charge in [-0.05, 0) is 116 Å². The van der Waals surface area contributed by atoms with Gasteiger partial charge in [0.25, 0.3) is 0 Å². The van der Waals surface area contributed by atoms with Gasteiger partial charge in [0.15, 0.2) is 6.29 Å². The third-order valence-corrected chi connectivity index (χ3v) is 13.0. The molecular formula is C53H102N2O8Si. The van der Waals surface area contributed by atoms with Gasteiger partial charge in [-0.15, -0.1) is 0 Å². The lowest BCUT2D eigenvalue weighted by Crippen LogP contribution is -2.32. The van der Waals surface area contributed by atoms with Crippen molar-refractivity contribution in [1.82, 2.24) is 10.2 Å². The van der Waals surface area contributed by atoms with Crippen LogP contribution in [0.2, 0.25) is 25.7 Å². The van der Waals surface area contributed by atoms with Gasteiger partial charge in [-0.2, -0.15) is 0 Å². The van der Waals surface area contributed by atoms with E-state index in [0.717, 1.165) is 161 Å². The van der Waals surface area contributed by atoms with Crippen molar-refractivity contribution < 1.29 is 38.1 Å². The second-order valence-corrected chi connectivity index (χ2v) is 24.5. The number of amides is 1. The van der Waals surface area contributed by atoms with E-state index >= 15 is 0 Å². The number of rotatable bonds is 48. The number of carbonyl (C=O) groups excluding carboxylic acids is 3. The summed E-state index contributed by atoms with van der Waals surface area (Å²) < 4.78 is 28.6. The van der Waals surface area contributed by atoms with Gasteiger partial charge in [-0.1, -0.05) is 142 Å². The first-order chi connectivity index (χ1) is 31.1. The standard InChI is InChI=1S/C53H102N2O8Si/c1-7-10-13-16-19-27-32-44-59-50(56)37-29-22-20-23-30-41-55(43-36-40-54-53(58)63-48-49-64(4,5)6)42-31-24-21-28-33-45-60-51(57)38-39-52(61-46-34-25-17-14-11-8-2)62-47-35-26-18-15-12-9-3/h11-12,14-15,52H,7-10,13,16-49H2,1-6H3,(H,54,58)/b14-11-,15-12-. The van der Waals surface area contributed by atoms with Crippen LogP contribution in [0.25, 0.3) is 0 Å². The molecular weight excluding hydrogens is 821 g/mol. The van der Waals surface area contributed by atoms with Gasteiger partial charge in [0.05, 0.1) is 26.2 Å². The fraction of sp³-hybridized carbons (Fsp3) is 0.868. The van der Waals surface area contributed by atoms with E-state index in [2.05, 4.69) is 74.9 Å². The normalized spacial score (nSPS) is 12.0. The van der Waals surface area contributed by atoms with Gasteiger partial charge < -0.3 is 33.9 Å². The lowest BCUT2D eigenvalue weighted by atomic mass is 10.1. The van der Waals surface area contributed by atoms with Crippen LogP contribution in [0.1, 0.15) is 207 Å². The number of hydrogen-bond acceptors (Lipinski definition) is 9. The summed E-state index contributed by atoms with van der Waals surface area (Å²) in [6.45, 7) is 19.8. The molecule has 0 rings (SSSR count). The molecule has 0 saturated heterocycles. The van der Waals surface area contributed by atoms with E-state index in [1.165, 1.54) is 32.1 Å². The van der Waals surface area contributed by atoms with Gasteiger partial charge in [0.2, 0.25) is 0 Å². The molecule has 0 radical (unpaired) electrons. The molecule has 0 fully saturated rings. The second-order valence-electron chi connectivity index (χ2n) is 18.9. The van der Waals surface area contributed by atoms with Crippen LogP contribution < -0.4 is 5.32 Å². The number of allylic oxidation sites excluding steroid dienone is 4. The number of unbranched alkanes of at least 4 members (excludes halogenated alkanes) is 18. The van der Waals surface area contributed by atoms with E-state index in [1.54, 1.807) is 0 Å². The van der Waals surface area contributed by atoms with Crippen LogP contribution in [0.4, 0.5) is 4.79 Å². The van der Waals surface area contributed by atoms with E-state index in [1.807, 2.05) is 0 Å². The zero-order valence-electron chi connectivity index (χ0n) is 42.7. The predicted molar refractivity (Wildman–Crippen MR) is 271 cm³/mol. The van der Waals surface area contributed by atoms with E-state index in [4.69, 9.17) is 23.7 Å². The number of alkyl carbamates (subject to hydrolysis) is 1. The molecule has 0 aromatic rings. The Kier molecular flexibility index (Phi) is 45.7. The molecule has 0 aromatic heterocycles. The van der Waals surface area contributed by atoms with Gasteiger partial charge >= 0.3 is 18.0 Å². The van der Waals surface area contributed by atoms with Crippen molar-refractivity contribution in [3.8, 4) is 0 Å². The number of ether oxygens (including phenoxy) is 5. The summed E-state index contributed by atoms with van der Waals surface area (Å²) in [6.07, 6.45) is 38.1. The Balaban J connectivity index is 4.48. The third kappa shape index (κ3) is 47.7. The maximum Gasteiger partial charge on any atom is 0.407 e. The topological polar surface area (TPSA) is 113 Å². The monoisotopic (exact) mass is 923 g/mol. The molecule has 0 aliphatic rings. The summed E-state index contributed by atoms with van der Waals surface area (Å²) in [5.74, 6) is -0.218. The van der Waals surface area contributed by atoms with E-state index in [9.17, 15) is 14.4 Å². The van der Waals surface area contributed by atoms with E-state index in [0.29, 0.717) is 58.8 Å². The summed E-state index contributed by atoms with van der Waals surface area (Å²) in [5, 5.41) is 2.94. The molecule has 1 N–H and O–H groups in total. The Morgan fingerprint density at radius 3 is 1.50 bits per heavy atom. The minimum Gasteiger partial charge on any atom is -0.466 e. The van der Waals surface area contributed by atoms with Gasteiger partial charge in [0.1, 0.15) is 0 Å². The van der Waals surface area contributed by atoms with Crippen LogP contribution in [0, 0.1) is 0 Å². The molecule has 64 heavy (non-hydrogen) atoms. The highest BCUT2D eigenvalue weighted by Gasteiger charge is 2.15. The molecule has 0 aliphatic carbocycles. The number of hydrogen-bond donors (Lipinski definition) is 1. The molecule has 0 aliphatic heterocycles. The largest absolute Gasteiger partial charge is 0.466 e.